The molecule has 0 aliphatic carbocycles. The third-order valence-electron chi connectivity index (χ3n) is 4.40. The Kier molecular flexibility index (Phi) is 7.06. The minimum atomic E-state index is -0.425. The second kappa shape index (κ2) is 9.12. The fraction of sp³-hybridized carbons (Fsp3) is 0.389. The number of imide groups is 1. The molecule has 3 amide bonds. The maximum absolute atomic E-state index is 12.7. The number of halogens is 2. The number of nitrogens with zero attached hydrogens (tertiary/aromatic N) is 2. The highest BCUT2D eigenvalue weighted by molar-refractivity contribution is 14.1. The lowest BCUT2D eigenvalue weighted by atomic mass is 10.1. The zero-order chi connectivity index (χ0) is 19.6. The topological polar surface area (TPSA) is 66.9 Å². The molecule has 0 unspecified atom stereocenters. The number of thioether (sulfide) groups is 1. The molecule has 0 N–H and O–H groups in total. The first-order chi connectivity index (χ1) is 12.9. The van der Waals surface area contributed by atoms with E-state index in [1.165, 1.54) is 0 Å². The molecule has 0 bridgehead atoms. The molecule has 0 aromatic heterocycles. The molecule has 144 valence electrons. The smallest absolute Gasteiger partial charge is 0.294 e. The first kappa shape index (κ1) is 20.9. The first-order valence-corrected chi connectivity index (χ1v) is 11.4. The lowest BCUT2D eigenvalue weighted by Crippen LogP contribution is -2.44. The average molecular weight is 612 g/mol. The summed E-state index contributed by atoms with van der Waals surface area (Å²) in [4.78, 5) is 40.5. The molecule has 3 rings (SSSR count). The molecule has 0 atom stereocenters. The molecule has 9 heteroatoms. The molecule has 2 aliphatic heterocycles. The summed E-state index contributed by atoms with van der Waals surface area (Å²) in [6, 6.07) is 3.87. The van der Waals surface area contributed by atoms with Crippen LogP contribution in [0.1, 0.15) is 24.8 Å². The van der Waals surface area contributed by atoms with Crippen molar-refractivity contribution in [2.45, 2.75) is 19.3 Å². The Balaban J connectivity index is 1.80. The normalized spacial score (nSPS) is 19.1. The van der Waals surface area contributed by atoms with Gasteiger partial charge in [-0.2, -0.15) is 0 Å². The molecular formula is C18H18I2N2O4S. The molecule has 27 heavy (non-hydrogen) atoms. The number of benzene rings is 1. The number of hydrogen-bond donors (Lipinski definition) is 0. The highest BCUT2D eigenvalue weighted by Crippen LogP contribution is 2.36. The number of amides is 3. The zero-order valence-corrected chi connectivity index (χ0v) is 19.8. The maximum Gasteiger partial charge on any atom is 0.294 e. The van der Waals surface area contributed by atoms with Gasteiger partial charge in [0.25, 0.3) is 11.1 Å². The van der Waals surface area contributed by atoms with Crippen LogP contribution < -0.4 is 4.74 Å². The molecule has 1 aromatic carbocycles. The van der Waals surface area contributed by atoms with Gasteiger partial charge < -0.3 is 9.64 Å². The third kappa shape index (κ3) is 4.78. The molecule has 2 heterocycles. The van der Waals surface area contributed by atoms with Gasteiger partial charge in [-0.25, -0.2) is 0 Å². The van der Waals surface area contributed by atoms with Gasteiger partial charge in [-0.15, -0.1) is 0 Å². The molecule has 2 saturated heterocycles. The summed E-state index contributed by atoms with van der Waals surface area (Å²) in [5.74, 6) is 0.0677. The maximum atomic E-state index is 12.7. The molecule has 0 saturated carbocycles. The van der Waals surface area contributed by atoms with Crippen LogP contribution in [0.3, 0.4) is 0 Å². The summed E-state index contributed by atoms with van der Waals surface area (Å²) in [6.07, 6.45) is 4.72. The van der Waals surface area contributed by atoms with E-state index in [1.54, 1.807) is 18.1 Å². The summed E-state index contributed by atoms with van der Waals surface area (Å²) >= 11 is 5.23. The minimum absolute atomic E-state index is 0.167. The van der Waals surface area contributed by atoms with Crippen LogP contribution in [0.25, 0.3) is 6.08 Å². The Labute approximate surface area is 189 Å². The van der Waals surface area contributed by atoms with E-state index in [-0.39, 0.29) is 12.5 Å². The predicted molar refractivity (Wildman–Crippen MR) is 122 cm³/mol. The van der Waals surface area contributed by atoms with Crippen LogP contribution in [-0.4, -0.2) is 53.6 Å². The van der Waals surface area contributed by atoms with E-state index >= 15 is 0 Å². The minimum Gasteiger partial charge on any atom is -0.495 e. The average Bonchev–Trinajstić information content (AvgIpc) is 2.89. The molecule has 0 radical (unpaired) electrons. The summed E-state index contributed by atoms with van der Waals surface area (Å²) < 4.78 is 7.37. The Morgan fingerprint density at radius 2 is 1.93 bits per heavy atom. The lowest BCUT2D eigenvalue weighted by molar-refractivity contribution is -0.136. The van der Waals surface area contributed by atoms with E-state index in [0.717, 1.165) is 48.6 Å². The van der Waals surface area contributed by atoms with Gasteiger partial charge in [0.05, 0.1) is 15.6 Å². The number of rotatable bonds is 4. The number of hydrogen-bond acceptors (Lipinski definition) is 5. The SMILES string of the molecule is COc1c(I)cc(I)cc1/C=C1\SC(=O)N(CC(=O)N2CCCCC2)C1=O. The Morgan fingerprint density at radius 3 is 2.59 bits per heavy atom. The zero-order valence-electron chi connectivity index (χ0n) is 14.7. The molecule has 1 aromatic rings. The van der Waals surface area contributed by atoms with Crippen molar-refractivity contribution in [2.75, 3.05) is 26.7 Å². The molecule has 0 spiro atoms. The van der Waals surface area contributed by atoms with Crippen molar-refractivity contribution in [3.8, 4) is 5.75 Å². The van der Waals surface area contributed by atoms with E-state index < -0.39 is 11.1 Å². The summed E-state index contributed by atoms with van der Waals surface area (Å²) in [5.41, 5.74) is 0.738. The van der Waals surface area contributed by atoms with Crippen LogP contribution in [0, 0.1) is 7.14 Å². The standard InChI is InChI=1S/C18H18I2N2O4S/c1-26-16-11(7-12(19)9-13(16)20)8-14-17(24)22(18(25)27-14)10-15(23)21-5-3-2-4-6-21/h7-9H,2-6,10H2,1H3/b14-8-. The van der Waals surface area contributed by atoms with Gasteiger partial charge in [0, 0.05) is 22.2 Å². The van der Waals surface area contributed by atoms with Crippen molar-refractivity contribution in [3.63, 3.8) is 0 Å². The van der Waals surface area contributed by atoms with Crippen molar-refractivity contribution in [2.24, 2.45) is 0 Å². The van der Waals surface area contributed by atoms with E-state index in [9.17, 15) is 14.4 Å². The van der Waals surface area contributed by atoms with Gasteiger partial charge in [0.1, 0.15) is 12.3 Å². The quantitative estimate of drug-likeness (QED) is 0.381. The van der Waals surface area contributed by atoms with Gasteiger partial charge >= 0.3 is 0 Å². The highest BCUT2D eigenvalue weighted by atomic mass is 127. The van der Waals surface area contributed by atoms with Crippen LogP contribution in [0.5, 0.6) is 5.75 Å². The van der Waals surface area contributed by atoms with Crippen molar-refractivity contribution < 1.29 is 19.1 Å². The van der Waals surface area contributed by atoms with E-state index in [1.807, 2.05) is 12.1 Å². The van der Waals surface area contributed by atoms with Crippen LogP contribution in [0.2, 0.25) is 0 Å². The first-order valence-electron chi connectivity index (χ1n) is 8.47. The van der Waals surface area contributed by atoms with Gasteiger partial charge in [0.2, 0.25) is 5.91 Å². The number of piperidine rings is 1. The van der Waals surface area contributed by atoms with Crippen molar-refractivity contribution >= 4 is 80.1 Å². The van der Waals surface area contributed by atoms with Crippen LogP contribution >= 0.6 is 56.9 Å². The van der Waals surface area contributed by atoms with Gasteiger partial charge in [-0.1, -0.05) is 0 Å². The summed E-state index contributed by atoms with van der Waals surface area (Å²) in [6.45, 7) is 1.20. The lowest BCUT2D eigenvalue weighted by Gasteiger charge is -2.27. The largest absolute Gasteiger partial charge is 0.495 e. The second-order valence-corrected chi connectivity index (χ2v) is 9.62. The third-order valence-corrected chi connectivity index (χ3v) is 6.74. The van der Waals surface area contributed by atoms with Crippen molar-refractivity contribution in [3.05, 3.63) is 29.7 Å². The van der Waals surface area contributed by atoms with Crippen LogP contribution in [0.15, 0.2) is 17.0 Å². The Morgan fingerprint density at radius 1 is 1.22 bits per heavy atom. The Hall–Kier alpha value is -0.820. The van der Waals surface area contributed by atoms with Crippen LogP contribution in [-0.2, 0) is 9.59 Å². The van der Waals surface area contributed by atoms with Crippen molar-refractivity contribution in [1.29, 1.82) is 0 Å². The highest BCUT2D eigenvalue weighted by Gasteiger charge is 2.37. The van der Waals surface area contributed by atoms with Gasteiger partial charge in [-0.3, -0.25) is 19.3 Å². The second-order valence-electron chi connectivity index (χ2n) is 6.22. The monoisotopic (exact) mass is 612 g/mol. The number of carbonyl (C=O) groups excluding carboxylic acids is 3. The molecular weight excluding hydrogens is 594 g/mol. The molecule has 2 fully saturated rings. The number of likely N-dealkylation sites (tertiary alicyclic amines) is 1. The number of ether oxygens (including phenoxy) is 1. The molecule has 6 nitrogen and oxygen atoms in total. The number of carbonyl (C=O) groups is 3. The summed E-state index contributed by atoms with van der Waals surface area (Å²) in [5, 5.41) is -0.407. The number of methoxy groups -OCH3 is 1. The van der Waals surface area contributed by atoms with E-state index in [2.05, 4.69) is 45.2 Å². The fourth-order valence-corrected chi connectivity index (χ4v) is 6.00. The van der Waals surface area contributed by atoms with Crippen LogP contribution in [0.4, 0.5) is 4.79 Å². The molecule has 2 aliphatic rings. The van der Waals surface area contributed by atoms with E-state index in [4.69, 9.17) is 4.74 Å². The fourth-order valence-electron chi connectivity index (χ4n) is 3.06. The van der Waals surface area contributed by atoms with E-state index in [0.29, 0.717) is 23.7 Å². The summed E-state index contributed by atoms with van der Waals surface area (Å²) in [7, 11) is 1.57. The van der Waals surface area contributed by atoms with Gasteiger partial charge in [-0.05, 0) is 94.4 Å². The predicted octanol–water partition coefficient (Wildman–Crippen LogP) is 3.95. The Bertz CT molecular complexity index is 822. The van der Waals surface area contributed by atoms with Crippen molar-refractivity contribution in [1.82, 2.24) is 9.80 Å². The van der Waals surface area contributed by atoms with Gasteiger partial charge in [0.15, 0.2) is 0 Å².